The molecule has 1 heterocycles. The first-order valence-electron chi connectivity index (χ1n) is 5.87. The van der Waals surface area contributed by atoms with Crippen LogP contribution in [-0.2, 0) is 13.0 Å². The maximum atomic E-state index is 6.11. The molecule has 0 bridgehead atoms. The minimum atomic E-state index is 0.293. The Morgan fingerprint density at radius 1 is 1.53 bits per heavy atom. The van der Waals surface area contributed by atoms with Crippen molar-refractivity contribution in [2.24, 2.45) is 5.73 Å². The number of hydrogen-bond acceptors (Lipinski definition) is 4. The van der Waals surface area contributed by atoms with Crippen LogP contribution in [-0.4, -0.2) is 9.97 Å². The van der Waals surface area contributed by atoms with E-state index in [-0.39, 0.29) is 0 Å². The second-order valence-electron chi connectivity index (χ2n) is 3.95. The van der Waals surface area contributed by atoms with E-state index < -0.39 is 0 Å². The van der Waals surface area contributed by atoms with Gasteiger partial charge in [0.1, 0.15) is 10.00 Å². The molecule has 1 aromatic heterocycles. The number of aromatic nitrogens is 1. The van der Waals surface area contributed by atoms with E-state index in [9.17, 15) is 0 Å². The quantitative estimate of drug-likeness (QED) is 0.828. The first-order chi connectivity index (χ1) is 9.11. The molecule has 3 N–H and O–H groups in total. The average molecular weight is 312 g/mol. The number of rotatable bonds is 5. The number of thiazole rings is 1. The van der Waals surface area contributed by atoms with Crippen LogP contribution in [0.25, 0.3) is 0 Å². The van der Waals surface area contributed by atoms with Gasteiger partial charge >= 0.3 is 0 Å². The molecule has 0 spiro atoms. The zero-order valence-corrected chi connectivity index (χ0v) is 12.8. The minimum absolute atomic E-state index is 0.293. The number of anilines is 1. The highest BCUT2D eigenvalue weighted by molar-refractivity contribution is 7.80. The topological polar surface area (TPSA) is 50.9 Å². The predicted molar refractivity (Wildman–Crippen MR) is 86.2 cm³/mol. The van der Waals surface area contributed by atoms with Crippen LogP contribution in [0.1, 0.15) is 22.4 Å². The van der Waals surface area contributed by atoms with Gasteiger partial charge in [-0.1, -0.05) is 36.8 Å². The molecular weight excluding hydrogens is 298 g/mol. The van der Waals surface area contributed by atoms with Crippen molar-refractivity contribution < 1.29 is 0 Å². The Kier molecular flexibility index (Phi) is 4.74. The Hall–Kier alpha value is -1.17. The Balaban J connectivity index is 2.15. The molecule has 19 heavy (non-hydrogen) atoms. The van der Waals surface area contributed by atoms with Crippen molar-refractivity contribution in [1.82, 2.24) is 4.98 Å². The third kappa shape index (κ3) is 3.43. The lowest BCUT2D eigenvalue weighted by Gasteiger charge is -2.11. The van der Waals surface area contributed by atoms with Crippen molar-refractivity contribution >= 4 is 45.8 Å². The van der Waals surface area contributed by atoms with Gasteiger partial charge in [-0.25, -0.2) is 4.98 Å². The number of aryl methyl sites for hydroxylation is 1. The lowest BCUT2D eigenvalue weighted by molar-refractivity contribution is 1.09. The summed E-state index contributed by atoms with van der Waals surface area (Å²) in [6, 6.07) is 5.56. The van der Waals surface area contributed by atoms with Crippen molar-refractivity contribution in [1.29, 1.82) is 0 Å². The van der Waals surface area contributed by atoms with Gasteiger partial charge in [0.2, 0.25) is 0 Å². The molecule has 6 heteroatoms. The van der Waals surface area contributed by atoms with Crippen molar-refractivity contribution in [3.63, 3.8) is 0 Å². The first-order valence-corrected chi connectivity index (χ1v) is 7.48. The Bertz CT molecular complexity index is 595. The molecule has 1 aromatic carbocycles. The largest absolute Gasteiger partial charge is 0.389 e. The standard InChI is InChI=1S/C13H14ClN3S2/c1-2-8-6-17-11(19-8)7-16-10-5-3-4-9(14)12(10)13(15)18/h3-6,16H,2,7H2,1H3,(H2,15,18). The highest BCUT2D eigenvalue weighted by Gasteiger charge is 2.10. The molecule has 0 fully saturated rings. The smallest absolute Gasteiger partial charge is 0.112 e. The number of hydrogen-bond donors (Lipinski definition) is 2. The molecule has 0 aliphatic carbocycles. The van der Waals surface area contributed by atoms with Crippen LogP contribution < -0.4 is 11.1 Å². The Labute approximate surface area is 126 Å². The second kappa shape index (κ2) is 6.32. The summed E-state index contributed by atoms with van der Waals surface area (Å²) in [6.07, 6.45) is 2.92. The van der Waals surface area contributed by atoms with Gasteiger partial charge in [0, 0.05) is 16.8 Å². The van der Waals surface area contributed by atoms with Gasteiger partial charge in [-0.15, -0.1) is 11.3 Å². The van der Waals surface area contributed by atoms with Crippen LogP contribution in [0.4, 0.5) is 5.69 Å². The number of halogens is 1. The third-order valence-electron chi connectivity index (χ3n) is 2.64. The molecule has 2 rings (SSSR count). The van der Waals surface area contributed by atoms with Crippen LogP contribution in [0.5, 0.6) is 0 Å². The van der Waals surface area contributed by atoms with Crippen LogP contribution in [0, 0.1) is 0 Å². The molecule has 0 saturated heterocycles. The molecule has 0 unspecified atom stereocenters. The van der Waals surface area contributed by atoms with Crippen molar-refractivity contribution in [2.75, 3.05) is 5.32 Å². The molecule has 0 amide bonds. The maximum absolute atomic E-state index is 6.11. The van der Waals surface area contributed by atoms with Gasteiger partial charge in [0.25, 0.3) is 0 Å². The molecule has 0 atom stereocenters. The van der Waals surface area contributed by atoms with Gasteiger partial charge in [-0.3, -0.25) is 0 Å². The maximum Gasteiger partial charge on any atom is 0.112 e. The highest BCUT2D eigenvalue weighted by atomic mass is 35.5. The van der Waals surface area contributed by atoms with E-state index >= 15 is 0 Å². The number of nitrogens with zero attached hydrogens (tertiary/aromatic N) is 1. The average Bonchev–Trinajstić information content (AvgIpc) is 2.83. The van der Waals surface area contributed by atoms with Crippen molar-refractivity contribution in [3.8, 4) is 0 Å². The zero-order valence-electron chi connectivity index (χ0n) is 10.4. The van der Waals surface area contributed by atoms with Gasteiger partial charge < -0.3 is 11.1 Å². The van der Waals surface area contributed by atoms with Gasteiger partial charge in [0.15, 0.2) is 0 Å². The van der Waals surface area contributed by atoms with Crippen molar-refractivity contribution in [2.45, 2.75) is 19.9 Å². The molecule has 0 saturated carbocycles. The molecule has 0 aliphatic heterocycles. The normalized spacial score (nSPS) is 10.4. The van der Waals surface area contributed by atoms with Crippen LogP contribution in [0.2, 0.25) is 5.02 Å². The van der Waals surface area contributed by atoms with Gasteiger partial charge in [0.05, 0.1) is 17.1 Å². The lowest BCUT2D eigenvalue weighted by atomic mass is 10.1. The Morgan fingerprint density at radius 3 is 2.95 bits per heavy atom. The van der Waals surface area contributed by atoms with Crippen molar-refractivity contribution in [3.05, 3.63) is 44.9 Å². The summed E-state index contributed by atoms with van der Waals surface area (Å²) in [5.74, 6) is 0. The fourth-order valence-corrected chi connectivity index (χ4v) is 3.04. The van der Waals surface area contributed by atoms with E-state index in [1.165, 1.54) is 4.88 Å². The highest BCUT2D eigenvalue weighted by Crippen LogP contribution is 2.25. The fourth-order valence-electron chi connectivity index (χ4n) is 1.69. The summed E-state index contributed by atoms with van der Waals surface area (Å²) in [5.41, 5.74) is 7.23. The lowest BCUT2D eigenvalue weighted by Crippen LogP contribution is -2.13. The van der Waals surface area contributed by atoms with E-state index in [1.807, 2.05) is 18.3 Å². The molecule has 3 nitrogen and oxygen atoms in total. The summed E-state index contributed by atoms with van der Waals surface area (Å²) in [4.78, 5) is 5.93. The van der Waals surface area contributed by atoms with Gasteiger partial charge in [-0.05, 0) is 18.6 Å². The molecular formula is C13H14ClN3S2. The number of nitrogens with two attached hydrogens (primary N) is 1. The van der Waals surface area contributed by atoms with E-state index in [1.54, 1.807) is 17.4 Å². The monoisotopic (exact) mass is 311 g/mol. The van der Waals surface area contributed by atoms with E-state index in [2.05, 4.69) is 17.2 Å². The van der Waals surface area contributed by atoms with Crippen LogP contribution >= 0.6 is 35.2 Å². The van der Waals surface area contributed by atoms with E-state index in [0.29, 0.717) is 22.1 Å². The summed E-state index contributed by atoms with van der Waals surface area (Å²) < 4.78 is 0. The SMILES string of the molecule is CCc1cnc(CNc2cccc(Cl)c2C(N)=S)s1. The first kappa shape index (κ1) is 14.2. The molecule has 100 valence electrons. The third-order valence-corrected chi connectivity index (χ3v) is 4.30. The minimum Gasteiger partial charge on any atom is -0.389 e. The van der Waals surface area contributed by atoms with E-state index in [4.69, 9.17) is 29.6 Å². The summed E-state index contributed by atoms with van der Waals surface area (Å²) in [6.45, 7) is 2.76. The predicted octanol–water partition coefficient (Wildman–Crippen LogP) is 3.61. The molecule has 0 aliphatic rings. The number of nitrogens with one attached hydrogen (secondary N) is 1. The second-order valence-corrected chi connectivity index (χ2v) is 6.00. The van der Waals surface area contributed by atoms with E-state index in [0.717, 1.165) is 17.1 Å². The molecule has 2 aromatic rings. The fraction of sp³-hybridized carbons (Fsp3) is 0.231. The summed E-state index contributed by atoms with van der Waals surface area (Å²) in [5, 5.41) is 4.88. The molecule has 0 radical (unpaired) electrons. The Morgan fingerprint density at radius 2 is 2.32 bits per heavy atom. The van der Waals surface area contributed by atoms with Crippen LogP contribution in [0.3, 0.4) is 0 Å². The number of benzene rings is 1. The summed E-state index contributed by atoms with van der Waals surface area (Å²) in [7, 11) is 0. The summed E-state index contributed by atoms with van der Waals surface area (Å²) >= 11 is 12.8. The zero-order chi connectivity index (χ0) is 13.8. The van der Waals surface area contributed by atoms with Gasteiger partial charge in [-0.2, -0.15) is 0 Å². The number of thiocarbonyl (C=S) groups is 1. The van der Waals surface area contributed by atoms with Crippen LogP contribution in [0.15, 0.2) is 24.4 Å².